The molecule has 0 amide bonds. The first-order valence-electron chi connectivity index (χ1n) is 8.42. The van der Waals surface area contributed by atoms with Crippen LogP contribution in [0, 0.1) is 0 Å². The maximum atomic E-state index is 10.9. The van der Waals surface area contributed by atoms with Crippen molar-refractivity contribution >= 4 is 35.5 Å². The van der Waals surface area contributed by atoms with E-state index in [1.165, 1.54) is 12.6 Å². The third-order valence-corrected chi connectivity index (χ3v) is 6.24. The van der Waals surface area contributed by atoms with E-state index in [1.807, 2.05) is 0 Å². The molecule has 11 nitrogen and oxygen atoms in total. The molecule has 13 heteroatoms. The van der Waals surface area contributed by atoms with Crippen LogP contribution in [0.2, 0.25) is 0 Å². The van der Waals surface area contributed by atoms with Crippen LogP contribution in [0.5, 0.6) is 0 Å². The minimum absolute atomic E-state index is 0.0193. The van der Waals surface area contributed by atoms with Crippen molar-refractivity contribution in [1.82, 2.24) is 19.5 Å². The summed E-state index contributed by atoms with van der Waals surface area (Å²) < 4.78 is 23.7. The van der Waals surface area contributed by atoms with Crippen LogP contribution in [-0.2, 0) is 25.6 Å². The van der Waals surface area contributed by atoms with Crippen molar-refractivity contribution in [2.45, 2.75) is 24.5 Å². The fourth-order valence-electron chi connectivity index (χ4n) is 3.46. The van der Waals surface area contributed by atoms with Crippen molar-refractivity contribution in [3.63, 3.8) is 0 Å². The van der Waals surface area contributed by atoms with Crippen molar-refractivity contribution < 1.29 is 28.2 Å². The average molecular weight is 425 g/mol. The van der Waals surface area contributed by atoms with Crippen LogP contribution < -0.4 is 5.32 Å². The van der Waals surface area contributed by atoms with Gasteiger partial charge in [0.2, 0.25) is 0 Å². The number of nitrogens with one attached hydrogen (secondary N) is 1. The third kappa shape index (κ3) is 2.77. The van der Waals surface area contributed by atoms with Gasteiger partial charge in [0.25, 0.3) is 0 Å². The van der Waals surface area contributed by atoms with E-state index in [0.29, 0.717) is 28.6 Å². The summed E-state index contributed by atoms with van der Waals surface area (Å²) in [6.45, 7) is -3.38. The molecule has 0 saturated carbocycles. The second-order valence-electron chi connectivity index (χ2n) is 6.32. The standard InChI is InChI=1S/C15H16N5O6PS/c1-16-12-9-14(18-6-17-12)20(13(19-9)7-3-2-4-23-7)15-10(21)11-8(25-15)5-24-27(22,28)26-11/h2-4,6,8,10-11,15,21H,5H2,1H3,(H,22,28)(H,16,17,18)/t8-,10-,11-,15-,27?/m1/s1. The maximum absolute atomic E-state index is 10.9. The molecule has 0 bridgehead atoms. The van der Waals surface area contributed by atoms with E-state index in [0.717, 1.165) is 0 Å². The summed E-state index contributed by atoms with van der Waals surface area (Å²) in [6, 6.07) is 3.47. The molecule has 3 N–H and O–H groups in total. The molecular weight excluding hydrogens is 409 g/mol. The van der Waals surface area contributed by atoms with Crippen LogP contribution in [-0.4, -0.2) is 61.5 Å². The van der Waals surface area contributed by atoms with E-state index >= 15 is 0 Å². The van der Waals surface area contributed by atoms with E-state index < -0.39 is 31.3 Å². The zero-order valence-electron chi connectivity index (χ0n) is 14.5. The number of anilines is 1. The van der Waals surface area contributed by atoms with E-state index in [2.05, 4.69) is 20.3 Å². The van der Waals surface area contributed by atoms with Gasteiger partial charge in [-0.15, -0.1) is 0 Å². The Kier molecular flexibility index (Phi) is 4.25. The van der Waals surface area contributed by atoms with Crippen LogP contribution in [0.1, 0.15) is 6.23 Å². The van der Waals surface area contributed by atoms with E-state index in [-0.39, 0.29) is 6.61 Å². The van der Waals surface area contributed by atoms with Gasteiger partial charge in [0, 0.05) is 7.05 Å². The number of hydrogen-bond acceptors (Lipinski definition) is 10. The lowest BCUT2D eigenvalue weighted by molar-refractivity contribution is -0.0588. The molecule has 5 atom stereocenters. The first kappa shape index (κ1) is 18.1. The molecule has 2 aliphatic heterocycles. The van der Waals surface area contributed by atoms with E-state index in [9.17, 15) is 10.00 Å². The summed E-state index contributed by atoms with van der Waals surface area (Å²) in [4.78, 5) is 23.1. The van der Waals surface area contributed by atoms with Crippen molar-refractivity contribution in [3.05, 3.63) is 24.7 Å². The Morgan fingerprint density at radius 2 is 2.25 bits per heavy atom. The fraction of sp³-hybridized carbons (Fsp3) is 0.400. The van der Waals surface area contributed by atoms with E-state index in [1.54, 1.807) is 23.7 Å². The Hall–Kier alpha value is -1.92. The van der Waals surface area contributed by atoms with Crippen LogP contribution in [0.25, 0.3) is 22.7 Å². The quantitative estimate of drug-likeness (QED) is 0.519. The van der Waals surface area contributed by atoms with Gasteiger partial charge < -0.3 is 29.0 Å². The Balaban J connectivity index is 1.66. The molecule has 1 unspecified atom stereocenters. The number of nitrogens with zero attached hydrogens (tertiary/aromatic N) is 4. The Labute approximate surface area is 163 Å². The molecule has 2 saturated heterocycles. The lowest BCUT2D eigenvalue weighted by Gasteiger charge is -2.30. The van der Waals surface area contributed by atoms with Gasteiger partial charge in [-0.3, -0.25) is 9.09 Å². The Morgan fingerprint density at radius 1 is 1.39 bits per heavy atom. The minimum atomic E-state index is -3.40. The van der Waals surface area contributed by atoms with Gasteiger partial charge in [-0.2, -0.15) is 0 Å². The van der Waals surface area contributed by atoms with Crippen LogP contribution in [0.15, 0.2) is 29.1 Å². The minimum Gasteiger partial charge on any atom is -0.461 e. The molecule has 5 heterocycles. The molecule has 3 aromatic heterocycles. The van der Waals surface area contributed by atoms with Crippen molar-refractivity contribution in [2.24, 2.45) is 0 Å². The molecule has 3 aromatic rings. The highest BCUT2D eigenvalue weighted by Crippen LogP contribution is 2.53. The summed E-state index contributed by atoms with van der Waals surface area (Å²) >= 11 is 4.90. The number of furan rings is 1. The number of rotatable bonds is 3. The number of aliphatic hydroxyl groups is 1. The normalized spacial score (nSPS) is 32.5. The molecular formula is C15H16N5O6PS. The molecule has 0 aromatic carbocycles. The molecule has 28 heavy (non-hydrogen) atoms. The predicted molar refractivity (Wildman–Crippen MR) is 99.8 cm³/mol. The smallest absolute Gasteiger partial charge is 0.325 e. The predicted octanol–water partition coefficient (Wildman–Crippen LogP) is 1.02. The third-order valence-electron chi connectivity index (χ3n) is 4.68. The van der Waals surface area contributed by atoms with Gasteiger partial charge >= 0.3 is 6.72 Å². The topological polar surface area (TPSA) is 137 Å². The van der Waals surface area contributed by atoms with Crippen LogP contribution >= 0.6 is 6.72 Å². The lowest BCUT2D eigenvalue weighted by Crippen LogP contribution is -2.39. The van der Waals surface area contributed by atoms with Crippen LogP contribution in [0.3, 0.4) is 0 Å². The average Bonchev–Trinajstić information content (AvgIpc) is 3.38. The van der Waals surface area contributed by atoms with Crippen molar-refractivity contribution in [2.75, 3.05) is 19.0 Å². The summed E-state index contributed by atoms with van der Waals surface area (Å²) in [7, 11) is 1.72. The Morgan fingerprint density at radius 3 is 3.00 bits per heavy atom. The van der Waals surface area contributed by atoms with Gasteiger partial charge in [0.05, 0.1) is 12.9 Å². The molecule has 5 rings (SSSR count). The highest BCUT2D eigenvalue weighted by Gasteiger charge is 2.52. The van der Waals surface area contributed by atoms with E-state index in [4.69, 9.17) is 30.0 Å². The molecule has 0 spiro atoms. The number of fused-ring (bicyclic) bond motifs is 2. The number of hydrogen-bond donors (Lipinski definition) is 3. The molecule has 2 aliphatic rings. The fourth-order valence-corrected chi connectivity index (χ4v) is 4.91. The number of aliphatic hydroxyl groups excluding tert-OH is 1. The largest absolute Gasteiger partial charge is 0.461 e. The zero-order valence-corrected chi connectivity index (χ0v) is 16.2. The van der Waals surface area contributed by atoms with Crippen LogP contribution in [0.4, 0.5) is 5.82 Å². The second-order valence-corrected chi connectivity index (χ2v) is 9.11. The molecule has 0 radical (unpaired) electrons. The Bertz CT molecular complexity index is 1070. The molecule has 0 aliphatic carbocycles. The van der Waals surface area contributed by atoms with Gasteiger partial charge in [0.1, 0.15) is 24.6 Å². The van der Waals surface area contributed by atoms with Gasteiger partial charge in [-0.05, 0) is 23.9 Å². The maximum Gasteiger partial charge on any atom is 0.325 e. The SMILES string of the molecule is CNc1ncnc2c1nc(-c1ccco1)n2[C@@H]1O[C@@H]2COP(O)(=S)O[C@H]2[C@H]1O. The highest BCUT2D eigenvalue weighted by molar-refractivity contribution is 8.07. The number of imidazole rings is 1. The zero-order chi connectivity index (χ0) is 19.5. The summed E-state index contributed by atoms with van der Waals surface area (Å²) in [5.74, 6) is 1.39. The second kappa shape index (κ2) is 6.56. The number of aromatic nitrogens is 4. The van der Waals surface area contributed by atoms with Gasteiger partial charge in [-0.1, -0.05) is 0 Å². The molecule has 2 fully saturated rings. The van der Waals surface area contributed by atoms with Gasteiger partial charge in [0.15, 0.2) is 34.8 Å². The van der Waals surface area contributed by atoms with Crippen molar-refractivity contribution in [3.8, 4) is 11.6 Å². The summed E-state index contributed by atoms with van der Waals surface area (Å²) in [5.41, 5.74) is 0.935. The highest BCUT2D eigenvalue weighted by atomic mass is 32.5. The first-order chi connectivity index (χ1) is 13.5. The van der Waals surface area contributed by atoms with Crippen molar-refractivity contribution in [1.29, 1.82) is 0 Å². The monoisotopic (exact) mass is 425 g/mol. The first-order valence-corrected chi connectivity index (χ1v) is 11.0. The molecule has 148 valence electrons. The van der Waals surface area contributed by atoms with Gasteiger partial charge in [-0.25, -0.2) is 15.0 Å². The summed E-state index contributed by atoms with van der Waals surface area (Å²) in [6.07, 6.45) is -0.565. The number of ether oxygens (including phenoxy) is 1. The lowest BCUT2D eigenvalue weighted by atomic mass is 10.1. The summed E-state index contributed by atoms with van der Waals surface area (Å²) in [5, 5.41) is 13.9.